The number of carbonyl (C=O) groups is 3. The number of rotatable bonds is 6. The summed E-state index contributed by atoms with van der Waals surface area (Å²) in [5.74, 6) is -1.08. The summed E-state index contributed by atoms with van der Waals surface area (Å²) < 4.78 is 4.75. The van der Waals surface area contributed by atoms with E-state index in [4.69, 9.17) is 16.3 Å². The fourth-order valence-electron chi connectivity index (χ4n) is 2.41. The summed E-state index contributed by atoms with van der Waals surface area (Å²) in [6.07, 6.45) is 0.0672. The zero-order valence-corrected chi connectivity index (χ0v) is 15.2. The predicted molar refractivity (Wildman–Crippen MR) is 101 cm³/mol. The van der Waals surface area contributed by atoms with E-state index in [1.54, 1.807) is 48.5 Å². The van der Waals surface area contributed by atoms with Gasteiger partial charge in [0, 0.05) is 30.6 Å². The van der Waals surface area contributed by atoms with Gasteiger partial charge in [-0.3, -0.25) is 9.59 Å². The molecule has 26 heavy (non-hydrogen) atoms. The summed E-state index contributed by atoms with van der Waals surface area (Å²) in [5.41, 5.74) is 1.29. The van der Waals surface area contributed by atoms with Crippen molar-refractivity contribution < 1.29 is 19.1 Å². The average molecular weight is 375 g/mol. The minimum atomic E-state index is -0.544. The van der Waals surface area contributed by atoms with Gasteiger partial charge in [0.25, 0.3) is 0 Å². The standard InChI is InChI=1S/C19H19ClN2O4/c1-13(23)22(17-6-4-3-5-16(17)19(25)26-2)12-11-18(24)21-15-9-7-14(20)8-10-15/h3-10H,11-12H2,1-2H3,(H,21,24). The van der Waals surface area contributed by atoms with Crippen LogP contribution in [-0.4, -0.2) is 31.4 Å². The van der Waals surface area contributed by atoms with Gasteiger partial charge < -0.3 is 15.0 Å². The van der Waals surface area contributed by atoms with Crippen molar-refractivity contribution in [3.8, 4) is 0 Å². The summed E-state index contributed by atoms with van der Waals surface area (Å²) in [7, 11) is 1.27. The number of hydrogen-bond donors (Lipinski definition) is 1. The Morgan fingerprint density at radius 1 is 1.08 bits per heavy atom. The maximum absolute atomic E-state index is 12.2. The number of halogens is 1. The minimum absolute atomic E-state index is 0.0672. The Morgan fingerprint density at radius 3 is 2.35 bits per heavy atom. The molecular formula is C19H19ClN2O4. The van der Waals surface area contributed by atoms with Gasteiger partial charge >= 0.3 is 5.97 Å². The van der Waals surface area contributed by atoms with Crippen LogP contribution in [0, 0.1) is 0 Å². The number of amides is 2. The lowest BCUT2D eigenvalue weighted by atomic mass is 10.1. The summed E-state index contributed by atoms with van der Waals surface area (Å²) in [5, 5.41) is 3.31. The SMILES string of the molecule is COC(=O)c1ccccc1N(CCC(=O)Nc1ccc(Cl)cc1)C(C)=O. The lowest BCUT2D eigenvalue weighted by Crippen LogP contribution is -2.33. The molecule has 0 saturated carbocycles. The van der Waals surface area contributed by atoms with Crippen LogP contribution in [0.15, 0.2) is 48.5 Å². The first-order valence-electron chi connectivity index (χ1n) is 7.93. The predicted octanol–water partition coefficient (Wildman–Crippen LogP) is 3.51. The number of carbonyl (C=O) groups excluding carboxylic acids is 3. The number of anilines is 2. The number of methoxy groups -OCH3 is 1. The Labute approximate surface area is 156 Å². The first-order valence-corrected chi connectivity index (χ1v) is 8.31. The molecule has 0 atom stereocenters. The maximum Gasteiger partial charge on any atom is 0.339 e. The fourth-order valence-corrected chi connectivity index (χ4v) is 2.54. The Morgan fingerprint density at radius 2 is 1.73 bits per heavy atom. The third-order valence-corrected chi connectivity index (χ3v) is 3.92. The Hall–Kier alpha value is -2.86. The van der Waals surface area contributed by atoms with Crippen LogP contribution in [0.4, 0.5) is 11.4 Å². The number of para-hydroxylation sites is 1. The Bertz CT molecular complexity index is 805. The number of ether oxygens (including phenoxy) is 1. The zero-order valence-electron chi connectivity index (χ0n) is 14.5. The van der Waals surface area contributed by atoms with E-state index >= 15 is 0 Å². The molecule has 0 heterocycles. The molecule has 0 aromatic heterocycles. The Kier molecular flexibility index (Phi) is 6.74. The van der Waals surface area contributed by atoms with Crippen molar-refractivity contribution in [3.05, 3.63) is 59.1 Å². The summed E-state index contributed by atoms with van der Waals surface area (Å²) in [6.45, 7) is 1.51. The van der Waals surface area contributed by atoms with Gasteiger partial charge in [-0.25, -0.2) is 4.79 Å². The molecule has 2 amide bonds. The van der Waals surface area contributed by atoms with Crippen LogP contribution in [0.25, 0.3) is 0 Å². The van der Waals surface area contributed by atoms with Gasteiger partial charge in [-0.1, -0.05) is 23.7 Å². The Balaban J connectivity index is 2.09. The second-order valence-corrected chi connectivity index (χ2v) is 5.92. The lowest BCUT2D eigenvalue weighted by Gasteiger charge is -2.23. The number of esters is 1. The minimum Gasteiger partial charge on any atom is -0.465 e. The van der Waals surface area contributed by atoms with E-state index in [0.717, 1.165) is 0 Å². The maximum atomic E-state index is 12.2. The van der Waals surface area contributed by atoms with Crippen molar-refractivity contribution in [2.45, 2.75) is 13.3 Å². The highest BCUT2D eigenvalue weighted by atomic mass is 35.5. The van der Waals surface area contributed by atoms with Gasteiger partial charge in [0.1, 0.15) is 0 Å². The van der Waals surface area contributed by atoms with Crippen molar-refractivity contribution in [2.75, 3.05) is 23.9 Å². The third-order valence-electron chi connectivity index (χ3n) is 3.67. The van der Waals surface area contributed by atoms with E-state index < -0.39 is 5.97 Å². The fraction of sp³-hybridized carbons (Fsp3) is 0.211. The van der Waals surface area contributed by atoms with Crippen molar-refractivity contribution in [3.63, 3.8) is 0 Å². The van der Waals surface area contributed by atoms with E-state index in [1.807, 2.05) is 0 Å². The lowest BCUT2D eigenvalue weighted by molar-refractivity contribution is -0.117. The first kappa shape index (κ1) is 19.5. The van der Waals surface area contributed by atoms with Gasteiger partial charge in [0.2, 0.25) is 11.8 Å². The van der Waals surface area contributed by atoms with Crippen LogP contribution in [0.3, 0.4) is 0 Å². The van der Waals surface area contributed by atoms with Crippen molar-refractivity contribution >= 4 is 40.8 Å². The molecule has 2 rings (SSSR count). The highest BCUT2D eigenvalue weighted by molar-refractivity contribution is 6.30. The van der Waals surface area contributed by atoms with Crippen LogP contribution >= 0.6 is 11.6 Å². The molecule has 0 spiro atoms. The number of nitrogens with one attached hydrogen (secondary N) is 1. The van der Waals surface area contributed by atoms with E-state index in [2.05, 4.69) is 5.32 Å². The van der Waals surface area contributed by atoms with Crippen LogP contribution in [0.1, 0.15) is 23.7 Å². The molecule has 0 fully saturated rings. The molecule has 2 aromatic carbocycles. The summed E-state index contributed by atoms with van der Waals surface area (Å²) in [6, 6.07) is 13.3. The normalized spacial score (nSPS) is 10.1. The monoisotopic (exact) mass is 374 g/mol. The van der Waals surface area contributed by atoms with Crippen LogP contribution < -0.4 is 10.2 Å². The van der Waals surface area contributed by atoms with Crippen LogP contribution in [0.2, 0.25) is 5.02 Å². The summed E-state index contributed by atoms with van der Waals surface area (Å²) >= 11 is 5.81. The van der Waals surface area contributed by atoms with Crippen molar-refractivity contribution in [1.29, 1.82) is 0 Å². The molecule has 0 aliphatic rings. The smallest absolute Gasteiger partial charge is 0.339 e. The van der Waals surface area contributed by atoms with Gasteiger partial charge in [-0.05, 0) is 36.4 Å². The molecule has 6 nitrogen and oxygen atoms in total. The van der Waals surface area contributed by atoms with Gasteiger partial charge in [0.05, 0.1) is 18.4 Å². The molecule has 0 aliphatic heterocycles. The molecule has 0 radical (unpaired) electrons. The topological polar surface area (TPSA) is 75.7 Å². The molecule has 7 heteroatoms. The molecule has 0 unspecified atom stereocenters. The second kappa shape index (κ2) is 9.01. The molecule has 1 N–H and O–H groups in total. The van der Waals surface area contributed by atoms with Crippen molar-refractivity contribution in [1.82, 2.24) is 0 Å². The van der Waals surface area contributed by atoms with E-state index in [-0.39, 0.29) is 30.3 Å². The van der Waals surface area contributed by atoms with Crippen molar-refractivity contribution in [2.24, 2.45) is 0 Å². The third kappa shape index (κ3) is 5.07. The molecule has 0 aliphatic carbocycles. The quantitative estimate of drug-likeness (QED) is 0.785. The molecule has 0 saturated heterocycles. The zero-order chi connectivity index (χ0) is 19.1. The van der Waals surface area contributed by atoms with Crippen LogP contribution in [0.5, 0.6) is 0 Å². The van der Waals surface area contributed by atoms with E-state index in [0.29, 0.717) is 16.4 Å². The second-order valence-electron chi connectivity index (χ2n) is 5.48. The molecular weight excluding hydrogens is 356 g/mol. The number of benzene rings is 2. The van der Waals surface area contributed by atoms with E-state index in [9.17, 15) is 14.4 Å². The summed E-state index contributed by atoms with van der Waals surface area (Å²) in [4.78, 5) is 37.5. The van der Waals surface area contributed by atoms with E-state index in [1.165, 1.54) is 18.9 Å². The molecule has 136 valence electrons. The average Bonchev–Trinajstić information content (AvgIpc) is 2.63. The highest BCUT2D eigenvalue weighted by Crippen LogP contribution is 2.22. The number of hydrogen-bond acceptors (Lipinski definition) is 4. The van der Waals surface area contributed by atoms with Gasteiger partial charge in [0.15, 0.2) is 0 Å². The van der Waals surface area contributed by atoms with Gasteiger partial charge in [-0.15, -0.1) is 0 Å². The number of nitrogens with zero attached hydrogens (tertiary/aromatic N) is 1. The largest absolute Gasteiger partial charge is 0.465 e. The first-order chi connectivity index (χ1) is 12.4. The molecule has 0 bridgehead atoms. The molecule has 2 aromatic rings. The van der Waals surface area contributed by atoms with Gasteiger partial charge in [-0.2, -0.15) is 0 Å². The highest BCUT2D eigenvalue weighted by Gasteiger charge is 2.20. The van der Waals surface area contributed by atoms with Crippen LogP contribution in [-0.2, 0) is 14.3 Å².